The van der Waals surface area contributed by atoms with Crippen molar-refractivity contribution in [2.75, 3.05) is 0 Å². The molecule has 0 bridgehead atoms. The number of hydrogen-bond donors (Lipinski definition) is 0. The van der Waals surface area contributed by atoms with Crippen molar-refractivity contribution in [3.63, 3.8) is 0 Å². The van der Waals surface area contributed by atoms with Crippen molar-refractivity contribution in [3.8, 4) is 0 Å². The van der Waals surface area contributed by atoms with Crippen molar-refractivity contribution >= 4 is 0 Å². The van der Waals surface area contributed by atoms with E-state index in [9.17, 15) is 0 Å². The molecule has 0 radical (unpaired) electrons. The van der Waals surface area contributed by atoms with Crippen molar-refractivity contribution in [2.45, 2.75) is 82.7 Å². The molecule has 1 aromatic rings. The fourth-order valence-corrected chi connectivity index (χ4v) is 5.11. The third-order valence-corrected chi connectivity index (χ3v) is 6.60. The summed E-state index contributed by atoms with van der Waals surface area (Å²) in [6.45, 7) is 2.23. The molecule has 23 heavy (non-hydrogen) atoms. The Bertz CT molecular complexity index is 596. The van der Waals surface area contributed by atoms with Gasteiger partial charge in [-0.1, -0.05) is 23.8 Å². The van der Waals surface area contributed by atoms with Crippen LogP contribution in [-0.2, 0) is 22.3 Å². The van der Waals surface area contributed by atoms with E-state index in [1.165, 1.54) is 56.9 Å². The van der Waals surface area contributed by atoms with Gasteiger partial charge in [0.1, 0.15) is 0 Å². The van der Waals surface area contributed by atoms with Crippen LogP contribution in [0, 0.1) is 18.8 Å². The Labute approximate surface area is 139 Å². The topological polar surface area (TPSA) is 25.1 Å². The van der Waals surface area contributed by atoms with Gasteiger partial charge in [0.05, 0.1) is 24.4 Å². The van der Waals surface area contributed by atoms with Crippen LogP contribution < -0.4 is 0 Å². The third kappa shape index (κ3) is 3.08. The molecule has 4 fully saturated rings. The lowest BCUT2D eigenvalue weighted by Gasteiger charge is -2.24. The molecule has 2 saturated carbocycles. The largest absolute Gasteiger partial charge is 0.370 e. The summed E-state index contributed by atoms with van der Waals surface area (Å²) in [5.74, 6) is 1.67. The second kappa shape index (κ2) is 5.60. The van der Waals surface area contributed by atoms with Crippen molar-refractivity contribution in [1.29, 1.82) is 0 Å². The summed E-state index contributed by atoms with van der Waals surface area (Å²) in [6, 6.07) is 7.16. The van der Waals surface area contributed by atoms with E-state index in [4.69, 9.17) is 9.47 Å². The zero-order chi connectivity index (χ0) is 15.4. The van der Waals surface area contributed by atoms with E-state index in [-0.39, 0.29) is 0 Å². The molecular weight excluding hydrogens is 284 g/mol. The lowest BCUT2D eigenvalue weighted by molar-refractivity contribution is 0.356. The molecule has 2 aliphatic carbocycles. The minimum Gasteiger partial charge on any atom is -0.370 e. The zero-order valence-electron chi connectivity index (χ0n) is 14.2. The summed E-state index contributed by atoms with van der Waals surface area (Å²) < 4.78 is 11.4. The highest BCUT2D eigenvalue weighted by Gasteiger charge is 2.44. The maximum absolute atomic E-state index is 5.72. The monoisotopic (exact) mass is 312 g/mol. The van der Waals surface area contributed by atoms with Gasteiger partial charge in [0.25, 0.3) is 0 Å². The third-order valence-electron chi connectivity index (χ3n) is 6.60. The number of fused-ring (bicyclic) bond motifs is 2. The Balaban J connectivity index is 1.29. The maximum atomic E-state index is 5.72. The second-order valence-electron chi connectivity index (χ2n) is 8.46. The van der Waals surface area contributed by atoms with Gasteiger partial charge in [-0.05, 0) is 81.3 Å². The van der Waals surface area contributed by atoms with Gasteiger partial charge < -0.3 is 9.47 Å². The first-order valence-electron chi connectivity index (χ1n) is 9.64. The molecular formula is C21H28O2. The van der Waals surface area contributed by atoms with Gasteiger partial charge in [-0.15, -0.1) is 0 Å². The van der Waals surface area contributed by atoms with E-state index in [0.29, 0.717) is 24.4 Å². The number of aryl methyl sites for hydroxylation is 1. The highest BCUT2D eigenvalue weighted by Crippen LogP contribution is 2.42. The fourth-order valence-electron chi connectivity index (χ4n) is 5.11. The lowest BCUT2D eigenvalue weighted by atomic mass is 9.80. The van der Waals surface area contributed by atoms with E-state index in [0.717, 1.165) is 11.8 Å². The van der Waals surface area contributed by atoms with Crippen LogP contribution >= 0.6 is 0 Å². The molecule has 5 rings (SSSR count). The van der Waals surface area contributed by atoms with Crippen LogP contribution in [-0.4, -0.2) is 24.4 Å². The molecule has 2 saturated heterocycles. The van der Waals surface area contributed by atoms with Crippen molar-refractivity contribution in [2.24, 2.45) is 11.8 Å². The number of ether oxygens (including phenoxy) is 2. The first-order chi connectivity index (χ1) is 11.2. The van der Waals surface area contributed by atoms with Crippen LogP contribution in [0.1, 0.15) is 55.2 Å². The fraction of sp³-hybridized carbons (Fsp3) is 0.714. The van der Waals surface area contributed by atoms with Gasteiger partial charge in [-0.2, -0.15) is 0 Å². The smallest absolute Gasteiger partial charge is 0.0844 e. The highest BCUT2D eigenvalue weighted by molar-refractivity contribution is 5.32. The number of rotatable bonds is 4. The lowest BCUT2D eigenvalue weighted by Crippen LogP contribution is -2.18. The molecule has 0 N–H and O–H groups in total. The first-order valence-corrected chi connectivity index (χ1v) is 9.64. The number of epoxide rings is 2. The van der Waals surface area contributed by atoms with Crippen molar-refractivity contribution in [1.82, 2.24) is 0 Å². The maximum Gasteiger partial charge on any atom is 0.0844 e. The molecule has 0 amide bonds. The number of benzene rings is 1. The van der Waals surface area contributed by atoms with Crippen LogP contribution in [0.15, 0.2) is 18.2 Å². The van der Waals surface area contributed by atoms with Crippen LogP contribution in [0.25, 0.3) is 0 Å². The molecule has 6 unspecified atom stereocenters. The quantitative estimate of drug-likeness (QED) is 0.778. The van der Waals surface area contributed by atoms with Crippen molar-refractivity contribution < 1.29 is 9.47 Å². The molecule has 4 aliphatic rings. The summed E-state index contributed by atoms with van der Waals surface area (Å²) in [5, 5.41) is 0. The molecule has 2 aliphatic heterocycles. The predicted octanol–water partition coefficient (Wildman–Crippen LogP) is 4.22. The Morgan fingerprint density at radius 3 is 2.00 bits per heavy atom. The van der Waals surface area contributed by atoms with Gasteiger partial charge in [-0.3, -0.25) is 0 Å². The number of hydrogen-bond acceptors (Lipinski definition) is 2. The van der Waals surface area contributed by atoms with Crippen LogP contribution in [0.3, 0.4) is 0 Å². The summed E-state index contributed by atoms with van der Waals surface area (Å²) in [6.07, 6.45) is 12.8. The van der Waals surface area contributed by atoms with E-state index in [1.807, 2.05) is 0 Å². The molecule has 2 heterocycles. The first kappa shape index (κ1) is 14.5. The SMILES string of the molecule is Cc1ccc(CC2CCC3OC3C2)c(CC2CCC3OC3C2)c1. The van der Waals surface area contributed by atoms with E-state index in [2.05, 4.69) is 25.1 Å². The average molecular weight is 312 g/mol. The van der Waals surface area contributed by atoms with E-state index < -0.39 is 0 Å². The van der Waals surface area contributed by atoms with E-state index in [1.54, 1.807) is 11.1 Å². The Morgan fingerprint density at radius 2 is 1.39 bits per heavy atom. The van der Waals surface area contributed by atoms with Gasteiger partial charge in [-0.25, -0.2) is 0 Å². The second-order valence-corrected chi connectivity index (χ2v) is 8.46. The Morgan fingerprint density at radius 1 is 0.783 bits per heavy atom. The standard InChI is InChI=1S/C21H28O2/c1-13-2-5-16(9-14-3-6-18-20(11-14)22-18)17(8-13)10-15-4-7-19-21(12-15)23-19/h2,5,8,14-15,18-21H,3-4,6-7,9-12H2,1H3. The van der Waals surface area contributed by atoms with Gasteiger partial charge in [0.15, 0.2) is 0 Å². The Hall–Kier alpha value is -0.860. The summed E-state index contributed by atoms with van der Waals surface area (Å²) in [7, 11) is 0. The van der Waals surface area contributed by atoms with Crippen LogP contribution in [0.2, 0.25) is 0 Å². The minimum atomic E-state index is 0.601. The molecule has 0 spiro atoms. The van der Waals surface area contributed by atoms with Crippen LogP contribution in [0.5, 0.6) is 0 Å². The van der Waals surface area contributed by atoms with E-state index >= 15 is 0 Å². The molecule has 0 aromatic heterocycles. The van der Waals surface area contributed by atoms with Crippen LogP contribution in [0.4, 0.5) is 0 Å². The summed E-state index contributed by atoms with van der Waals surface area (Å²) in [5.41, 5.74) is 4.64. The zero-order valence-corrected chi connectivity index (χ0v) is 14.2. The average Bonchev–Trinajstić information content (AvgIpc) is 3.42. The van der Waals surface area contributed by atoms with Gasteiger partial charge in [0, 0.05) is 0 Å². The highest BCUT2D eigenvalue weighted by atomic mass is 16.6. The summed E-state index contributed by atoms with van der Waals surface area (Å²) >= 11 is 0. The normalized spacial score (nSPS) is 41.1. The minimum absolute atomic E-state index is 0.601. The molecule has 1 aromatic carbocycles. The molecule has 6 atom stereocenters. The van der Waals surface area contributed by atoms with Crippen molar-refractivity contribution in [3.05, 3.63) is 34.9 Å². The predicted molar refractivity (Wildman–Crippen MR) is 90.6 cm³/mol. The summed E-state index contributed by atoms with van der Waals surface area (Å²) in [4.78, 5) is 0. The molecule has 124 valence electrons. The van der Waals surface area contributed by atoms with Gasteiger partial charge >= 0.3 is 0 Å². The Kier molecular flexibility index (Phi) is 3.52. The van der Waals surface area contributed by atoms with Gasteiger partial charge in [0.2, 0.25) is 0 Å². The molecule has 2 heteroatoms. The molecule has 2 nitrogen and oxygen atoms in total.